The lowest BCUT2D eigenvalue weighted by atomic mass is 10.2. The SMILES string of the molecule is Cc1cccc(OCCCNC(=O)Nc2cc(N3CCCC3=O)ccc2Cl)c1. The van der Waals surface area contributed by atoms with Crippen LogP contribution in [0.2, 0.25) is 5.02 Å². The van der Waals surface area contributed by atoms with Gasteiger partial charge in [0, 0.05) is 25.2 Å². The summed E-state index contributed by atoms with van der Waals surface area (Å²) >= 11 is 6.18. The molecule has 0 bridgehead atoms. The average Bonchev–Trinajstić information content (AvgIpc) is 3.09. The molecule has 1 heterocycles. The summed E-state index contributed by atoms with van der Waals surface area (Å²) in [7, 11) is 0. The van der Waals surface area contributed by atoms with Crippen molar-refractivity contribution in [1.29, 1.82) is 0 Å². The van der Waals surface area contributed by atoms with Crippen LogP contribution in [0.5, 0.6) is 5.75 Å². The standard InChI is InChI=1S/C21H24ClN3O3/c1-15-5-2-6-17(13-15)28-12-4-10-23-21(27)24-19-14-16(8-9-18(19)22)25-11-3-7-20(25)26/h2,5-6,8-9,13-14H,3-4,7,10-12H2,1H3,(H2,23,24,27). The molecule has 0 radical (unpaired) electrons. The molecule has 2 aromatic carbocycles. The van der Waals surface area contributed by atoms with Crippen molar-refractivity contribution in [3.05, 3.63) is 53.1 Å². The second-order valence-electron chi connectivity index (χ2n) is 6.71. The van der Waals surface area contributed by atoms with Crippen LogP contribution in [0, 0.1) is 6.92 Å². The van der Waals surface area contributed by atoms with E-state index in [9.17, 15) is 9.59 Å². The van der Waals surface area contributed by atoms with E-state index in [2.05, 4.69) is 10.6 Å². The summed E-state index contributed by atoms with van der Waals surface area (Å²) in [6, 6.07) is 12.7. The number of amides is 3. The fraction of sp³-hybridized carbons (Fsp3) is 0.333. The molecular weight excluding hydrogens is 378 g/mol. The molecule has 0 unspecified atom stereocenters. The van der Waals surface area contributed by atoms with Gasteiger partial charge in [0.25, 0.3) is 0 Å². The third kappa shape index (κ3) is 5.39. The van der Waals surface area contributed by atoms with Crippen LogP contribution in [0.1, 0.15) is 24.8 Å². The maximum atomic E-state index is 12.1. The maximum Gasteiger partial charge on any atom is 0.319 e. The van der Waals surface area contributed by atoms with Crippen molar-refractivity contribution in [1.82, 2.24) is 5.32 Å². The third-order valence-electron chi connectivity index (χ3n) is 4.45. The first kappa shape index (κ1) is 20.0. The highest BCUT2D eigenvalue weighted by molar-refractivity contribution is 6.33. The van der Waals surface area contributed by atoms with Crippen LogP contribution in [-0.4, -0.2) is 31.6 Å². The zero-order valence-corrected chi connectivity index (χ0v) is 16.6. The number of rotatable bonds is 7. The zero-order chi connectivity index (χ0) is 19.9. The first-order valence-corrected chi connectivity index (χ1v) is 9.75. The second kappa shape index (κ2) is 9.46. The average molecular weight is 402 g/mol. The van der Waals surface area contributed by atoms with Crippen molar-refractivity contribution in [2.45, 2.75) is 26.2 Å². The molecule has 7 heteroatoms. The van der Waals surface area contributed by atoms with E-state index in [1.165, 1.54) is 0 Å². The fourth-order valence-corrected chi connectivity index (χ4v) is 3.20. The second-order valence-corrected chi connectivity index (χ2v) is 7.12. The van der Waals surface area contributed by atoms with E-state index >= 15 is 0 Å². The molecule has 1 saturated heterocycles. The Balaban J connectivity index is 1.45. The quantitative estimate of drug-likeness (QED) is 0.677. The van der Waals surface area contributed by atoms with Crippen molar-refractivity contribution in [3.63, 3.8) is 0 Å². The van der Waals surface area contributed by atoms with Crippen LogP contribution >= 0.6 is 11.6 Å². The van der Waals surface area contributed by atoms with Gasteiger partial charge in [-0.2, -0.15) is 0 Å². The molecule has 0 spiro atoms. The van der Waals surface area contributed by atoms with Gasteiger partial charge in [0.05, 0.1) is 17.3 Å². The number of urea groups is 1. The van der Waals surface area contributed by atoms with Gasteiger partial charge in [0.15, 0.2) is 0 Å². The van der Waals surface area contributed by atoms with Crippen LogP contribution < -0.4 is 20.3 Å². The van der Waals surface area contributed by atoms with E-state index in [4.69, 9.17) is 16.3 Å². The van der Waals surface area contributed by atoms with Crippen LogP contribution in [-0.2, 0) is 4.79 Å². The van der Waals surface area contributed by atoms with E-state index in [1.807, 2.05) is 31.2 Å². The number of nitrogens with one attached hydrogen (secondary N) is 2. The van der Waals surface area contributed by atoms with Crippen molar-refractivity contribution >= 4 is 34.9 Å². The molecule has 0 saturated carbocycles. The molecule has 0 atom stereocenters. The lowest BCUT2D eigenvalue weighted by molar-refractivity contribution is -0.117. The van der Waals surface area contributed by atoms with Gasteiger partial charge >= 0.3 is 6.03 Å². The largest absolute Gasteiger partial charge is 0.494 e. The molecule has 2 N–H and O–H groups in total. The number of anilines is 2. The van der Waals surface area contributed by atoms with Gasteiger partial charge in [-0.15, -0.1) is 0 Å². The number of nitrogens with zero attached hydrogens (tertiary/aromatic N) is 1. The Hall–Kier alpha value is -2.73. The lowest BCUT2D eigenvalue weighted by Crippen LogP contribution is -2.30. The summed E-state index contributed by atoms with van der Waals surface area (Å²) in [5, 5.41) is 5.95. The van der Waals surface area contributed by atoms with E-state index in [0.717, 1.165) is 23.4 Å². The molecule has 0 aliphatic carbocycles. The number of ether oxygens (including phenoxy) is 1. The molecule has 6 nitrogen and oxygen atoms in total. The minimum Gasteiger partial charge on any atom is -0.494 e. The van der Waals surface area contributed by atoms with Gasteiger partial charge in [0.1, 0.15) is 5.75 Å². The highest BCUT2D eigenvalue weighted by Gasteiger charge is 2.22. The summed E-state index contributed by atoms with van der Waals surface area (Å²) in [4.78, 5) is 25.7. The third-order valence-corrected chi connectivity index (χ3v) is 4.78. The number of aryl methyl sites for hydroxylation is 1. The normalized spacial score (nSPS) is 13.5. The van der Waals surface area contributed by atoms with Crippen LogP contribution in [0.15, 0.2) is 42.5 Å². The minimum atomic E-state index is -0.345. The number of hydrogen-bond donors (Lipinski definition) is 2. The molecule has 1 fully saturated rings. The van der Waals surface area contributed by atoms with Crippen molar-refractivity contribution in [3.8, 4) is 5.75 Å². The van der Waals surface area contributed by atoms with Crippen LogP contribution in [0.3, 0.4) is 0 Å². The Labute approximate surface area is 169 Å². The maximum absolute atomic E-state index is 12.1. The molecule has 148 valence electrons. The van der Waals surface area contributed by atoms with Gasteiger partial charge < -0.3 is 20.3 Å². The Morgan fingerprint density at radius 3 is 2.86 bits per heavy atom. The Morgan fingerprint density at radius 2 is 2.11 bits per heavy atom. The highest BCUT2D eigenvalue weighted by Crippen LogP contribution is 2.29. The number of benzene rings is 2. The fourth-order valence-electron chi connectivity index (χ4n) is 3.03. The number of carbonyl (C=O) groups is 2. The van der Waals surface area contributed by atoms with Crippen LogP contribution in [0.4, 0.5) is 16.2 Å². The molecule has 3 amide bonds. The molecule has 3 rings (SSSR count). The number of halogens is 1. The van der Waals surface area contributed by atoms with Crippen molar-refractivity contribution in [2.75, 3.05) is 29.9 Å². The van der Waals surface area contributed by atoms with E-state index in [0.29, 0.717) is 43.2 Å². The van der Waals surface area contributed by atoms with E-state index in [1.54, 1.807) is 23.1 Å². The smallest absolute Gasteiger partial charge is 0.319 e. The first-order valence-electron chi connectivity index (χ1n) is 9.37. The zero-order valence-electron chi connectivity index (χ0n) is 15.8. The predicted molar refractivity (Wildman–Crippen MR) is 111 cm³/mol. The summed E-state index contributed by atoms with van der Waals surface area (Å²) < 4.78 is 5.66. The summed E-state index contributed by atoms with van der Waals surface area (Å²) in [6.45, 7) is 3.68. The van der Waals surface area contributed by atoms with Crippen LogP contribution in [0.25, 0.3) is 0 Å². The molecular formula is C21H24ClN3O3. The summed E-state index contributed by atoms with van der Waals surface area (Å²) in [5.74, 6) is 0.913. The van der Waals surface area contributed by atoms with Gasteiger partial charge in [-0.3, -0.25) is 4.79 Å². The monoisotopic (exact) mass is 401 g/mol. The topological polar surface area (TPSA) is 70.7 Å². The molecule has 2 aromatic rings. The van der Waals surface area contributed by atoms with Gasteiger partial charge in [-0.05, 0) is 55.7 Å². The molecule has 28 heavy (non-hydrogen) atoms. The van der Waals surface area contributed by atoms with E-state index in [-0.39, 0.29) is 11.9 Å². The highest BCUT2D eigenvalue weighted by atomic mass is 35.5. The minimum absolute atomic E-state index is 0.0892. The van der Waals surface area contributed by atoms with Gasteiger partial charge in [-0.1, -0.05) is 23.7 Å². The summed E-state index contributed by atoms with van der Waals surface area (Å²) in [6.07, 6.45) is 2.07. The number of hydrogen-bond acceptors (Lipinski definition) is 3. The lowest BCUT2D eigenvalue weighted by Gasteiger charge is -2.17. The Bertz CT molecular complexity index is 857. The Morgan fingerprint density at radius 1 is 1.25 bits per heavy atom. The molecule has 0 aromatic heterocycles. The Kier molecular flexibility index (Phi) is 6.76. The molecule has 1 aliphatic rings. The first-order chi connectivity index (χ1) is 13.5. The predicted octanol–water partition coefficient (Wildman–Crippen LogP) is 4.37. The van der Waals surface area contributed by atoms with Gasteiger partial charge in [-0.25, -0.2) is 4.79 Å². The van der Waals surface area contributed by atoms with Crippen molar-refractivity contribution in [2.24, 2.45) is 0 Å². The van der Waals surface area contributed by atoms with E-state index < -0.39 is 0 Å². The molecule has 1 aliphatic heterocycles. The summed E-state index contributed by atoms with van der Waals surface area (Å²) in [5.41, 5.74) is 2.37. The van der Waals surface area contributed by atoms with Crippen molar-refractivity contribution < 1.29 is 14.3 Å². The number of carbonyl (C=O) groups excluding carboxylic acids is 2. The van der Waals surface area contributed by atoms with Gasteiger partial charge in [0.2, 0.25) is 5.91 Å².